The lowest BCUT2D eigenvalue weighted by Crippen LogP contribution is -2.10. The van der Waals surface area contributed by atoms with Gasteiger partial charge in [0.2, 0.25) is 11.9 Å². The van der Waals surface area contributed by atoms with E-state index in [-0.39, 0.29) is 0 Å². The highest BCUT2D eigenvalue weighted by Crippen LogP contribution is 2.41. The van der Waals surface area contributed by atoms with Gasteiger partial charge in [0.25, 0.3) is 0 Å². The third-order valence-corrected chi connectivity index (χ3v) is 13.6. The summed E-state index contributed by atoms with van der Waals surface area (Å²) in [5.74, 6) is 1.71. The molecule has 4 aromatic heterocycles. The van der Waals surface area contributed by atoms with Crippen molar-refractivity contribution in [2.75, 3.05) is 0 Å². The molecule has 0 bridgehead atoms. The molecule has 0 fully saturated rings. The fraction of sp³-hybridized carbons (Fsp3) is 0. The number of rotatable bonds is 6. The number of para-hydroxylation sites is 3. The Bertz CT molecular complexity index is 3860. The molecule has 0 atom stereocenters. The van der Waals surface area contributed by atoms with Crippen molar-refractivity contribution in [3.8, 4) is 56.7 Å². The van der Waals surface area contributed by atoms with Gasteiger partial charge < -0.3 is 0 Å². The molecule has 0 amide bonds. The van der Waals surface area contributed by atoms with Crippen molar-refractivity contribution in [2.24, 2.45) is 0 Å². The van der Waals surface area contributed by atoms with Gasteiger partial charge in [-0.3, -0.25) is 9.13 Å². The van der Waals surface area contributed by atoms with Crippen LogP contribution >= 0.6 is 11.3 Å². The second-order valence-electron chi connectivity index (χ2n) is 16.0. The molecule has 0 unspecified atom stereocenters. The Balaban J connectivity index is 0.992. The molecule has 63 heavy (non-hydrogen) atoms. The average Bonchev–Trinajstić information content (AvgIpc) is 4.02. The molecule has 0 spiro atoms. The number of benzene rings is 9. The van der Waals surface area contributed by atoms with E-state index in [4.69, 9.17) is 15.0 Å². The minimum absolute atomic E-state index is 0.556. The minimum Gasteiger partial charge on any atom is -0.278 e. The molecule has 0 saturated heterocycles. The van der Waals surface area contributed by atoms with Crippen LogP contribution < -0.4 is 0 Å². The van der Waals surface area contributed by atoms with Gasteiger partial charge in [0.05, 0.1) is 22.1 Å². The van der Waals surface area contributed by atoms with E-state index in [1.54, 1.807) is 0 Å². The molecule has 9 aromatic carbocycles. The maximum absolute atomic E-state index is 5.39. The summed E-state index contributed by atoms with van der Waals surface area (Å²) in [6.07, 6.45) is 0. The van der Waals surface area contributed by atoms with Crippen LogP contribution in [0.3, 0.4) is 0 Å². The molecule has 6 heteroatoms. The van der Waals surface area contributed by atoms with Gasteiger partial charge in [-0.1, -0.05) is 170 Å². The zero-order chi connectivity index (χ0) is 41.4. The van der Waals surface area contributed by atoms with E-state index in [1.807, 2.05) is 11.3 Å². The first-order valence-corrected chi connectivity index (χ1v) is 22.0. The summed E-state index contributed by atoms with van der Waals surface area (Å²) in [6, 6.07) is 75.6. The van der Waals surface area contributed by atoms with E-state index < -0.39 is 0 Å². The van der Waals surface area contributed by atoms with Crippen molar-refractivity contribution < 1.29 is 0 Å². The van der Waals surface area contributed by atoms with Gasteiger partial charge >= 0.3 is 0 Å². The SMILES string of the molecule is c1ccc(-c2ccc3c4ccccc4n(-c4nc(-c5ccc(-c6cccc(-c7cccc8sc9ccccc9c78)c6)cc5)nc(-n5c6ccccc6c6ccccc65)n4)c3c2)cc1. The largest absolute Gasteiger partial charge is 0.278 e. The van der Waals surface area contributed by atoms with Gasteiger partial charge in [0, 0.05) is 47.3 Å². The lowest BCUT2D eigenvalue weighted by atomic mass is 9.95. The molecular weight excluding hydrogens is 787 g/mol. The Morgan fingerprint density at radius 3 is 1.48 bits per heavy atom. The monoisotopic (exact) mass is 821 g/mol. The highest BCUT2D eigenvalue weighted by molar-refractivity contribution is 7.25. The Kier molecular flexibility index (Phi) is 8.01. The van der Waals surface area contributed by atoms with Crippen molar-refractivity contribution in [3.63, 3.8) is 0 Å². The number of hydrogen-bond acceptors (Lipinski definition) is 4. The molecule has 4 heterocycles. The third-order valence-electron chi connectivity index (χ3n) is 12.4. The quantitative estimate of drug-likeness (QED) is 0.168. The van der Waals surface area contributed by atoms with Gasteiger partial charge in [-0.25, -0.2) is 0 Å². The summed E-state index contributed by atoms with van der Waals surface area (Å²) in [4.78, 5) is 16.1. The summed E-state index contributed by atoms with van der Waals surface area (Å²) < 4.78 is 7.00. The first kappa shape index (κ1) is 35.6. The van der Waals surface area contributed by atoms with Crippen LogP contribution in [0.5, 0.6) is 0 Å². The number of aromatic nitrogens is 5. The van der Waals surface area contributed by atoms with Crippen LogP contribution in [-0.4, -0.2) is 24.1 Å². The predicted molar refractivity (Wildman–Crippen MR) is 263 cm³/mol. The van der Waals surface area contributed by atoms with Crippen LogP contribution in [-0.2, 0) is 0 Å². The summed E-state index contributed by atoms with van der Waals surface area (Å²) >= 11 is 1.85. The van der Waals surface area contributed by atoms with Crippen LogP contribution in [0.15, 0.2) is 212 Å². The highest BCUT2D eigenvalue weighted by Gasteiger charge is 2.21. The topological polar surface area (TPSA) is 48.5 Å². The van der Waals surface area contributed by atoms with E-state index >= 15 is 0 Å². The molecule has 0 aliphatic carbocycles. The highest BCUT2D eigenvalue weighted by atomic mass is 32.1. The van der Waals surface area contributed by atoms with Crippen molar-refractivity contribution in [2.45, 2.75) is 0 Å². The van der Waals surface area contributed by atoms with Crippen LogP contribution in [0.1, 0.15) is 0 Å². The minimum atomic E-state index is 0.556. The summed E-state index contributed by atoms with van der Waals surface area (Å²) in [6.45, 7) is 0. The Hall–Kier alpha value is -8.19. The molecule has 0 saturated carbocycles. The van der Waals surface area contributed by atoms with E-state index in [1.165, 1.54) is 31.3 Å². The zero-order valence-corrected chi connectivity index (χ0v) is 34.7. The average molecular weight is 822 g/mol. The van der Waals surface area contributed by atoms with E-state index in [0.717, 1.165) is 71.4 Å². The lowest BCUT2D eigenvalue weighted by molar-refractivity contribution is 0.893. The Morgan fingerprint density at radius 2 is 0.778 bits per heavy atom. The van der Waals surface area contributed by atoms with Gasteiger partial charge in [0.1, 0.15) is 0 Å². The number of fused-ring (bicyclic) bond motifs is 9. The number of thiophene rings is 1. The Morgan fingerprint density at radius 1 is 0.302 bits per heavy atom. The molecule has 5 nitrogen and oxygen atoms in total. The molecule has 13 rings (SSSR count). The lowest BCUT2D eigenvalue weighted by Gasteiger charge is -2.13. The maximum Gasteiger partial charge on any atom is 0.240 e. The van der Waals surface area contributed by atoms with Crippen molar-refractivity contribution in [1.29, 1.82) is 0 Å². The van der Waals surface area contributed by atoms with Crippen LogP contribution in [0.4, 0.5) is 0 Å². The predicted octanol–water partition coefficient (Wildman–Crippen LogP) is 15.1. The molecule has 0 N–H and O–H groups in total. The smallest absolute Gasteiger partial charge is 0.240 e. The van der Waals surface area contributed by atoms with Crippen molar-refractivity contribution in [1.82, 2.24) is 24.1 Å². The third kappa shape index (κ3) is 5.73. The van der Waals surface area contributed by atoms with Crippen LogP contribution in [0.25, 0.3) is 120 Å². The van der Waals surface area contributed by atoms with Crippen molar-refractivity contribution >= 4 is 75.1 Å². The standard InChI is InChI=1S/C57H35N5S/c1-2-14-36(15-3-1)40-32-33-46-45-20-6-10-25-50(45)62(51(46)35-40)57-59-55(58-56(60-57)61-48-23-8-4-18-43(48)44-19-5-9-24-49(44)61)38-30-28-37(29-31-38)39-16-12-17-41(34-39)42-22-13-27-53-54(42)47-21-7-11-26-52(47)63-53/h1-35H. The zero-order valence-electron chi connectivity index (χ0n) is 33.9. The molecule has 294 valence electrons. The summed E-state index contributed by atoms with van der Waals surface area (Å²) in [5.41, 5.74) is 12.0. The molecule has 0 aliphatic heterocycles. The van der Waals surface area contributed by atoms with E-state index in [2.05, 4.69) is 221 Å². The molecule has 0 radical (unpaired) electrons. The van der Waals surface area contributed by atoms with Crippen LogP contribution in [0, 0.1) is 0 Å². The normalized spacial score (nSPS) is 11.8. The van der Waals surface area contributed by atoms with E-state index in [9.17, 15) is 0 Å². The molecular formula is C57H35N5S. The summed E-state index contributed by atoms with van der Waals surface area (Å²) in [7, 11) is 0. The van der Waals surface area contributed by atoms with Gasteiger partial charge in [-0.2, -0.15) is 15.0 Å². The number of hydrogen-bond donors (Lipinski definition) is 0. The Labute approximate surface area is 366 Å². The second-order valence-corrected chi connectivity index (χ2v) is 17.1. The molecule has 13 aromatic rings. The summed E-state index contributed by atoms with van der Waals surface area (Å²) in [5, 5.41) is 7.20. The first-order chi connectivity index (χ1) is 31.2. The fourth-order valence-corrected chi connectivity index (χ4v) is 10.6. The molecule has 0 aliphatic rings. The fourth-order valence-electron chi connectivity index (χ4n) is 9.51. The first-order valence-electron chi connectivity index (χ1n) is 21.2. The van der Waals surface area contributed by atoms with Gasteiger partial charge in [0.15, 0.2) is 5.82 Å². The van der Waals surface area contributed by atoms with Crippen LogP contribution in [0.2, 0.25) is 0 Å². The second kappa shape index (κ2) is 14.2. The van der Waals surface area contributed by atoms with Crippen molar-refractivity contribution in [3.05, 3.63) is 212 Å². The maximum atomic E-state index is 5.39. The number of nitrogens with zero attached hydrogens (tertiary/aromatic N) is 5. The van der Waals surface area contributed by atoms with E-state index in [0.29, 0.717) is 17.7 Å². The van der Waals surface area contributed by atoms with Gasteiger partial charge in [-0.05, 0) is 75.8 Å². The van der Waals surface area contributed by atoms with Gasteiger partial charge in [-0.15, -0.1) is 11.3 Å².